The van der Waals surface area contributed by atoms with Gasteiger partial charge in [-0.1, -0.05) is 6.92 Å². The minimum atomic E-state index is -0.899. The van der Waals surface area contributed by atoms with Crippen molar-refractivity contribution in [1.29, 1.82) is 0 Å². The van der Waals surface area contributed by atoms with Gasteiger partial charge in [0.25, 0.3) is 0 Å². The molecule has 0 aromatic heterocycles. The van der Waals surface area contributed by atoms with Crippen molar-refractivity contribution in [1.82, 2.24) is 0 Å². The summed E-state index contributed by atoms with van der Waals surface area (Å²) in [4.78, 5) is 47.8. The number of carboxylic acid groups (broad SMARTS) is 1. The van der Waals surface area contributed by atoms with Crippen LogP contribution in [0.4, 0.5) is 0 Å². The molecule has 2 aromatic carbocycles. The molecule has 0 atom stereocenters. The molecule has 0 radical (unpaired) electrons. The number of carbonyl (C=O) groups excluding carboxylic acids is 3. The van der Waals surface area contributed by atoms with Crippen molar-refractivity contribution in [2.45, 2.75) is 39.0 Å². The molecule has 31 heavy (non-hydrogen) atoms. The van der Waals surface area contributed by atoms with Crippen molar-refractivity contribution in [2.75, 3.05) is 13.2 Å². The molecule has 3 rings (SSSR count). The maximum absolute atomic E-state index is 13.0. The normalized spacial score (nSPS) is 12.2. The topological polar surface area (TPSA) is 107 Å². The summed E-state index contributed by atoms with van der Waals surface area (Å²) in [6.07, 6.45) is 1.89. The van der Waals surface area contributed by atoms with E-state index in [4.69, 9.17) is 14.6 Å². The van der Waals surface area contributed by atoms with Gasteiger partial charge in [-0.2, -0.15) is 0 Å². The Hall–Kier alpha value is -3.48. The van der Waals surface area contributed by atoms with Crippen LogP contribution in [0.15, 0.2) is 36.4 Å². The first kappa shape index (κ1) is 22.2. The van der Waals surface area contributed by atoms with Gasteiger partial charge in [0.2, 0.25) is 0 Å². The van der Waals surface area contributed by atoms with Crippen molar-refractivity contribution < 1.29 is 33.8 Å². The van der Waals surface area contributed by atoms with E-state index in [1.165, 1.54) is 6.07 Å². The zero-order valence-corrected chi connectivity index (χ0v) is 17.3. The van der Waals surface area contributed by atoms with E-state index in [9.17, 15) is 19.2 Å². The van der Waals surface area contributed by atoms with Gasteiger partial charge in [0, 0.05) is 41.5 Å². The van der Waals surface area contributed by atoms with Gasteiger partial charge in [0.05, 0.1) is 13.2 Å². The van der Waals surface area contributed by atoms with Crippen molar-refractivity contribution in [3.8, 4) is 11.5 Å². The molecule has 0 fully saturated rings. The van der Waals surface area contributed by atoms with Crippen LogP contribution >= 0.6 is 0 Å². The summed E-state index contributed by atoms with van der Waals surface area (Å²) in [5.41, 5.74) is 1.14. The van der Waals surface area contributed by atoms with Crippen LogP contribution in [0.1, 0.15) is 70.9 Å². The predicted octanol–water partition coefficient (Wildman–Crippen LogP) is 3.84. The minimum Gasteiger partial charge on any atom is -0.494 e. The van der Waals surface area contributed by atoms with Crippen LogP contribution in [0.5, 0.6) is 11.5 Å². The SMILES string of the molecule is CCC(=O)CCCOc1ccc2c(c1)C(=O)c1ccc(OCCCC(=O)O)cc1C2=O. The monoisotopic (exact) mass is 424 g/mol. The standard InChI is InChI=1S/C24H24O7/c1-2-15(25)5-3-11-30-16-7-9-18-20(13-16)23(28)19-10-8-17(14-21(19)24(18)29)31-12-4-6-22(26)27/h7-10,13-14H,2-6,11-12H2,1H3,(H,26,27). The second kappa shape index (κ2) is 10.0. The maximum atomic E-state index is 13.0. The highest BCUT2D eigenvalue weighted by molar-refractivity contribution is 6.28. The van der Waals surface area contributed by atoms with Crippen molar-refractivity contribution in [3.63, 3.8) is 0 Å². The number of Topliss-reactive ketones (excluding diaryl/α,β-unsaturated/α-hetero) is 1. The lowest BCUT2D eigenvalue weighted by molar-refractivity contribution is -0.137. The molecule has 0 aliphatic heterocycles. The molecule has 0 bridgehead atoms. The highest BCUT2D eigenvalue weighted by Gasteiger charge is 2.30. The molecule has 0 heterocycles. The molecule has 0 amide bonds. The van der Waals surface area contributed by atoms with E-state index in [-0.39, 0.29) is 41.5 Å². The first-order valence-corrected chi connectivity index (χ1v) is 10.3. The zero-order valence-electron chi connectivity index (χ0n) is 17.3. The summed E-state index contributed by atoms with van der Waals surface area (Å²) in [5, 5.41) is 8.68. The average Bonchev–Trinajstić information content (AvgIpc) is 2.77. The number of hydrogen-bond acceptors (Lipinski definition) is 6. The third kappa shape index (κ3) is 5.36. The fourth-order valence-corrected chi connectivity index (χ4v) is 3.34. The number of aliphatic carboxylic acids is 1. The average molecular weight is 424 g/mol. The number of benzene rings is 2. The number of rotatable bonds is 11. The Bertz CT molecular complexity index is 1020. The Morgan fingerprint density at radius 3 is 1.71 bits per heavy atom. The van der Waals surface area contributed by atoms with E-state index in [2.05, 4.69) is 0 Å². The number of fused-ring (bicyclic) bond motifs is 2. The molecule has 0 saturated heterocycles. The van der Waals surface area contributed by atoms with E-state index in [1.54, 1.807) is 30.3 Å². The summed E-state index contributed by atoms with van der Waals surface area (Å²) in [6.45, 7) is 2.38. The number of carbonyl (C=O) groups is 4. The van der Waals surface area contributed by atoms with Crippen LogP contribution < -0.4 is 9.47 Å². The van der Waals surface area contributed by atoms with Crippen LogP contribution in [-0.2, 0) is 9.59 Å². The molecule has 1 aliphatic rings. The third-order valence-electron chi connectivity index (χ3n) is 5.03. The Balaban J connectivity index is 1.70. The van der Waals surface area contributed by atoms with Gasteiger partial charge in [0.15, 0.2) is 11.6 Å². The smallest absolute Gasteiger partial charge is 0.303 e. The van der Waals surface area contributed by atoms with Gasteiger partial charge >= 0.3 is 5.97 Å². The summed E-state index contributed by atoms with van der Waals surface area (Å²) >= 11 is 0. The summed E-state index contributed by atoms with van der Waals surface area (Å²) < 4.78 is 11.2. The second-order valence-electron chi connectivity index (χ2n) is 7.26. The van der Waals surface area contributed by atoms with Gasteiger partial charge in [0.1, 0.15) is 17.3 Å². The summed E-state index contributed by atoms with van der Waals surface area (Å²) in [7, 11) is 0. The van der Waals surface area contributed by atoms with Crippen LogP contribution in [0.2, 0.25) is 0 Å². The first-order valence-electron chi connectivity index (χ1n) is 10.3. The fourth-order valence-electron chi connectivity index (χ4n) is 3.34. The van der Waals surface area contributed by atoms with Crippen molar-refractivity contribution >= 4 is 23.3 Å². The highest BCUT2D eigenvalue weighted by atomic mass is 16.5. The van der Waals surface area contributed by atoms with E-state index in [1.807, 2.05) is 6.92 Å². The van der Waals surface area contributed by atoms with Crippen LogP contribution in [0.25, 0.3) is 0 Å². The largest absolute Gasteiger partial charge is 0.494 e. The van der Waals surface area contributed by atoms with Gasteiger partial charge in [-0.05, 0) is 49.2 Å². The second-order valence-corrected chi connectivity index (χ2v) is 7.26. The molecule has 0 saturated carbocycles. The molecule has 2 aromatic rings. The lowest BCUT2D eigenvalue weighted by Crippen LogP contribution is -2.21. The predicted molar refractivity (Wildman–Crippen MR) is 112 cm³/mol. The van der Waals surface area contributed by atoms with Crippen LogP contribution in [-0.4, -0.2) is 41.6 Å². The van der Waals surface area contributed by atoms with Gasteiger partial charge in [-0.3, -0.25) is 19.2 Å². The maximum Gasteiger partial charge on any atom is 0.303 e. The molecule has 7 heteroatoms. The molecule has 1 N–H and O–H groups in total. The molecule has 7 nitrogen and oxygen atoms in total. The number of ether oxygens (including phenoxy) is 2. The number of hydrogen-bond donors (Lipinski definition) is 1. The Labute approximate surface area is 180 Å². The van der Waals surface area contributed by atoms with Gasteiger partial charge < -0.3 is 14.6 Å². The zero-order chi connectivity index (χ0) is 22.4. The highest BCUT2D eigenvalue weighted by Crippen LogP contribution is 2.32. The molecule has 162 valence electrons. The lowest BCUT2D eigenvalue weighted by atomic mass is 9.84. The van der Waals surface area contributed by atoms with E-state index in [0.29, 0.717) is 54.9 Å². The van der Waals surface area contributed by atoms with E-state index in [0.717, 1.165) is 0 Å². The van der Waals surface area contributed by atoms with E-state index < -0.39 is 5.97 Å². The van der Waals surface area contributed by atoms with Crippen LogP contribution in [0, 0.1) is 0 Å². The minimum absolute atomic E-state index is 0.00491. The molecular formula is C24H24O7. The third-order valence-corrected chi connectivity index (χ3v) is 5.03. The quantitative estimate of drug-likeness (QED) is 0.466. The Morgan fingerprint density at radius 1 is 0.774 bits per heavy atom. The first-order chi connectivity index (χ1) is 14.9. The Kier molecular flexibility index (Phi) is 7.18. The van der Waals surface area contributed by atoms with Gasteiger partial charge in [-0.15, -0.1) is 0 Å². The Morgan fingerprint density at radius 2 is 1.26 bits per heavy atom. The van der Waals surface area contributed by atoms with Gasteiger partial charge in [-0.25, -0.2) is 0 Å². The van der Waals surface area contributed by atoms with Crippen molar-refractivity contribution in [2.24, 2.45) is 0 Å². The molecule has 1 aliphatic carbocycles. The number of carboxylic acids is 1. The molecule has 0 spiro atoms. The van der Waals surface area contributed by atoms with Crippen LogP contribution in [0.3, 0.4) is 0 Å². The summed E-state index contributed by atoms with van der Waals surface area (Å²) in [6, 6.07) is 9.45. The molecular weight excluding hydrogens is 400 g/mol. The summed E-state index contributed by atoms with van der Waals surface area (Å²) in [5.74, 6) is -0.379. The molecule has 0 unspecified atom stereocenters. The van der Waals surface area contributed by atoms with Crippen molar-refractivity contribution in [3.05, 3.63) is 58.7 Å². The fraction of sp³-hybridized carbons (Fsp3) is 0.333. The lowest BCUT2D eigenvalue weighted by Gasteiger charge is -2.19. The van der Waals surface area contributed by atoms with E-state index >= 15 is 0 Å². The number of ketones is 3.